The SMILES string of the molecule is COc1cc(C=C(C(=O)O)c2ccc(Oc3ccc([N+](=O)[O-])cc3)cc2)cc(OC)c1. The zero-order valence-corrected chi connectivity index (χ0v) is 16.8. The molecule has 0 bridgehead atoms. The molecule has 3 aromatic rings. The first-order chi connectivity index (χ1) is 14.9. The third-order valence-electron chi connectivity index (χ3n) is 4.36. The number of nitrogens with zero attached hydrogens (tertiary/aromatic N) is 1. The van der Waals surface area contributed by atoms with Gasteiger partial charge in [0.1, 0.15) is 23.0 Å². The van der Waals surface area contributed by atoms with Crippen LogP contribution >= 0.6 is 0 Å². The van der Waals surface area contributed by atoms with Crippen LogP contribution in [-0.2, 0) is 4.79 Å². The highest BCUT2D eigenvalue weighted by Crippen LogP contribution is 2.28. The number of hydrogen-bond donors (Lipinski definition) is 1. The Morgan fingerprint density at radius 2 is 1.39 bits per heavy atom. The van der Waals surface area contributed by atoms with E-state index in [1.165, 1.54) is 44.6 Å². The van der Waals surface area contributed by atoms with Gasteiger partial charge in [0.25, 0.3) is 5.69 Å². The molecule has 3 aromatic carbocycles. The molecule has 0 saturated carbocycles. The lowest BCUT2D eigenvalue weighted by atomic mass is 10.0. The van der Waals surface area contributed by atoms with E-state index in [-0.39, 0.29) is 11.3 Å². The van der Waals surface area contributed by atoms with E-state index in [2.05, 4.69) is 0 Å². The Hall–Kier alpha value is -4.33. The second kappa shape index (κ2) is 9.45. The number of aliphatic carboxylic acids is 1. The lowest BCUT2D eigenvalue weighted by molar-refractivity contribution is -0.384. The zero-order chi connectivity index (χ0) is 22.4. The van der Waals surface area contributed by atoms with E-state index in [0.29, 0.717) is 34.1 Å². The molecule has 8 nitrogen and oxygen atoms in total. The highest BCUT2D eigenvalue weighted by Gasteiger charge is 2.12. The van der Waals surface area contributed by atoms with Crippen molar-refractivity contribution in [2.24, 2.45) is 0 Å². The summed E-state index contributed by atoms with van der Waals surface area (Å²) in [6.07, 6.45) is 1.53. The van der Waals surface area contributed by atoms with Crippen molar-refractivity contribution in [2.45, 2.75) is 0 Å². The van der Waals surface area contributed by atoms with E-state index in [4.69, 9.17) is 14.2 Å². The fourth-order valence-corrected chi connectivity index (χ4v) is 2.82. The van der Waals surface area contributed by atoms with Crippen LogP contribution in [0, 0.1) is 10.1 Å². The van der Waals surface area contributed by atoms with Gasteiger partial charge in [0, 0.05) is 18.2 Å². The summed E-state index contributed by atoms with van der Waals surface area (Å²) in [5.74, 6) is 0.886. The minimum atomic E-state index is -1.09. The molecular formula is C23H19NO7. The van der Waals surface area contributed by atoms with E-state index >= 15 is 0 Å². The molecule has 0 saturated heterocycles. The van der Waals surface area contributed by atoms with Gasteiger partial charge in [0.05, 0.1) is 24.7 Å². The van der Waals surface area contributed by atoms with Crippen molar-refractivity contribution in [3.05, 3.63) is 88.0 Å². The summed E-state index contributed by atoms with van der Waals surface area (Å²) in [5.41, 5.74) is 1.13. The molecule has 0 radical (unpaired) electrons. The smallest absolute Gasteiger partial charge is 0.336 e. The van der Waals surface area contributed by atoms with E-state index in [9.17, 15) is 20.0 Å². The number of hydrogen-bond acceptors (Lipinski definition) is 6. The molecule has 0 aliphatic carbocycles. The molecule has 0 fully saturated rings. The van der Waals surface area contributed by atoms with Gasteiger partial charge in [0.15, 0.2) is 0 Å². The predicted molar refractivity (Wildman–Crippen MR) is 115 cm³/mol. The van der Waals surface area contributed by atoms with E-state index in [1.807, 2.05) is 0 Å². The van der Waals surface area contributed by atoms with Crippen molar-refractivity contribution >= 4 is 23.3 Å². The second-order valence-electron chi connectivity index (χ2n) is 6.39. The molecule has 0 aromatic heterocycles. The molecule has 0 amide bonds. The number of methoxy groups -OCH3 is 2. The lowest BCUT2D eigenvalue weighted by Gasteiger charge is -2.09. The van der Waals surface area contributed by atoms with Gasteiger partial charge in [-0.05, 0) is 53.6 Å². The fraction of sp³-hybridized carbons (Fsp3) is 0.0870. The van der Waals surface area contributed by atoms with Crippen molar-refractivity contribution in [1.29, 1.82) is 0 Å². The van der Waals surface area contributed by atoms with E-state index in [0.717, 1.165) is 0 Å². The maximum Gasteiger partial charge on any atom is 0.336 e. The third-order valence-corrected chi connectivity index (χ3v) is 4.36. The van der Waals surface area contributed by atoms with Gasteiger partial charge in [0.2, 0.25) is 0 Å². The standard InChI is InChI=1S/C23H19NO7/c1-29-20-11-15(12-21(14-20)30-2)13-22(23(25)26)16-3-7-18(8-4-16)31-19-9-5-17(6-10-19)24(27)28/h3-14H,1-2H3,(H,25,26). The summed E-state index contributed by atoms with van der Waals surface area (Å²) in [7, 11) is 3.04. The molecule has 0 atom stereocenters. The highest BCUT2D eigenvalue weighted by atomic mass is 16.6. The number of non-ortho nitro benzene ring substituents is 1. The number of benzene rings is 3. The van der Waals surface area contributed by atoms with E-state index < -0.39 is 10.9 Å². The van der Waals surface area contributed by atoms with Crippen molar-refractivity contribution < 1.29 is 29.0 Å². The fourth-order valence-electron chi connectivity index (χ4n) is 2.82. The summed E-state index contributed by atoms with van der Waals surface area (Å²) in [5, 5.41) is 20.4. The Bertz CT molecular complexity index is 1100. The van der Waals surface area contributed by atoms with Crippen LogP contribution in [0.25, 0.3) is 11.6 Å². The average Bonchev–Trinajstić information content (AvgIpc) is 2.78. The van der Waals surface area contributed by atoms with Gasteiger partial charge in [-0.25, -0.2) is 4.79 Å². The minimum absolute atomic E-state index is 0.0342. The molecular weight excluding hydrogens is 402 g/mol. The normalized spacial score (nSPS) is 11.0. The van der Waals surface area contributed by atoms with Crippen LogP contribution in [0.2, 0.25) is 0 Å². The number of ether oxygens (including phenoxy) is 3. The molecule has 0 aliphatic rings. The first-order valence-electron chi connectivity index (χ1n) is 9.10. The van der Waals surface area contributed by atoms with Crippen molar-refractivity contribution in [3.8, 4) is 23.0 Å². The Balaban J connectivity index is 1.85. The number of carbonyl (C=O) groups is 1. The van der Waals surface area contributed by atoms with Crippen LogP contribution in [0.5, 0.6) is 23.0 Å². The van der Waals surface area contributed by atoms with Crippen LogP contribution < -0.4 is 14.2 Å². The maximum atomic E-state index is 11.9. The lowest BCUT2D eigenvalue weighted by Crippen LogP contribution is -2.00. The maximum absolute atomic E-state index is 11.9. The Labute approximate surface area is 178 Å². The van der Waals surface area contributed by atoms with Gasteiger partial charge in [-0.2, -0.15) is 0 Å². The molecule has 31 heavy (non-hydrogen) atoms. The summed E-state index contributed by atoms with van der Waals surface area (Å²) >= 11 is 0. The van der Waals surface area contributed by atoms with Crippen molar-refractivity contribution in [3.63, 3.8) is 0 Å². The van der Waals surface area contributed by atoms with Crippen molar-refractivity contribution in [1.82, 2.24) is 0 Å². The predicted octanol–water partition coefficient (Wildman–Crippen LogP) is 5.03. The van der Waals surface area contributed by atoms with Gasteiger partial charge >= 0.3 is 5.97 Å². The number of nitro groups is 1. The van der Waals surface area contributed by atoms with Crippen LogP contribution in [0.4, 0.5) is 5.69 Å². The van der Waals surface area contributed by atoms with Crippen LogP contribution in [-0.4, -0.2) is 30.2 Å². The number of nitro benzene ring substituents is 1. The van der Waals surface area contributed by atoms with Crippen LogP contribution in [0.1, 0.15) is 11.1 Å². The molecule has 0 spiro atoms. The highest BCUT2D eigenvalue weighted by molar-refractivity contribution is 6.20. The molecule has 0 heterocycles. The van der Waals surface area contributed by atoms with Gasteiger partial charge in [-0.3, -0.25) is 10.1 Å². The summed E-state index contributed by atoms with van der Waals surface area (Å²) in [6.45, 7) is 0. The topological polar surface area (TPSA) is 108 Å². The molecule has 158 valence electrons. The summed E-state index contributed by atoms with van der Waals surface area (Å²) in [6, 6.07) is 17.3. The molecule has 8 heteroatoms. The second-order valence-corrected chi connectivity index (χ2v) is 6.39. The number of rotatable bonds is 8. The molecule has 0 aliphatic heterocycles. The Kier molecular flexibility index (Phi) is 6.51. The van der Waals surface area contributed by atoms with Crippen molar-refractivity contribution in [2.75, 3.05) is 14.2 Å². The quantitative estimate of drug-likeness (QED) is 0.235. The van der Waals surface area contributed by atoms with Crippen LogP contribution in [0.15, 0.2) is 66.7 Å². The molecule has 3 rings (SSSR count). The van der Waals surface area contributed by atoms with E-state index in [1.54, 1.807) is 42.5 Å². The minimum Gasteiger partial charge on any atom is -0.497 e. The number of carboxylic acids is 1. The van der Waals surface area contributed by atoms with Gasteiger partial charge < -0.3 is 19.3 Å². The molecule has 0 unspecified atom stereocenters. The largest absolute Gasteiger partial charge is 0.497 e. The third kappa shape index (κ3) is 5.39. The molecule has 1 N–H and O–H groups in total. The Morgan fingerprint density at radius 1 is 0.871 bits per heavy atom. The van der Waals surface area contributed by atoms with Gasteiger partial charge in [-0.1, -0.05) is 12.1 Å². The van der Waals surface area contributed by atoms with Crippen LogP contribution in [0.3, 0.4) is 0 Å². The number of carboxylic acid groups (broad SMARTS) is 1. The summed E-state index contributed by atoms with van der Waals surface area (Å²) in [4.78, 5) is 22.1. The first-order valence-corrected chi connectivity index (χ1v) is 9.10. The first kappa shape index (κ1) is 21.4. The summed E-state index contributed by atoms with van der Waals surface area (Å²) < 4.78 is 16.1. The monoisotopic (exact) mass is 421 g/mol. The Morgan fingerprint density at radius 3 is 1.84 bits per heavy atom. The zero-order valence-electron chi connectivity index (χ0n) is 16.8. The van der Waals surface area contributed by atoms with Gasteiger partial charge in [-0.15, -0.1) is 0 Å². The average molecular weight is 421 g/mol.